The highest BCUT2D eigenvalue weighted by molar-refractivity contribution is 6.28. The molecule has 82 valence electrons. The van der Waals surface area contributed by atoms with Gasteiger partial charge in [0.1, 0.15) is 5.84 Å². The van der Waals surface area contributed by atoms with Crippen LogP contribution in [0.5, 0.6) is 0 Å². The molecule has 2 aromatic rings. The van der Waals surface area contributed by atoms with Crippen LogP contribution in [-0.2, 0) is 0 Å². The molecule has 5 nitrogen and oxygen atoms in total. The maximum atomic E-state index is 5.53. The quantitative estimate of drug-likeness (QED) is 0.498. The summed E-state index contributed by atoms with van der Waals surface area (Å²) in [4.78, 5) is 5.64. The normalized spacial score (nSPS) is 11.7. The second kappa shape index (κ2) is 4.76. The van der Waals surface area contributed by atoms with Crippen LogP contribution in [0.2, 0.25) is 0 Å². The lowest BCUT2D eigenvalue weighted by Crippen LogP contribution is -2.12. The van der Waals surface area contributed by atoms with Crippen molar-refractivity contribution in [3.8, 4) is 5.69 Å². The molecule has 6 heteroatoms. The number of amidine groups is 1. The number of aliphatic imine (C=N–C) groups is 1. The summed E-state index contributed by atoms with van der Waals surface area (Å²) in [6.07, 6.45) is 3.25. The predicted octanol–water partition coefficient (Wildman–Crippen LogP) is 1.49. The molecule has 1 heterocycles. The molecular weight excluding hydrogens is 226 g/mol. The van der Waals surface area contributed by atoms with E-state index < -0.39 is 0 Å². The van der Waals surface area contributed by atoms with Crippen molar-refractivity contribution in [2.75, 3.05) is 5.88 Å². The fourth-order valence-electron chi connectivity index (χ4n) is 1.21. The number of nitrogens with zero attached hydrogens (tertiary/aromatic N) is 4. The minimum absolute atomic E-state index is 0.225. The Bertz CT molecular complexity index is 474. The zero-order chi connectivity index (χ0) is 11.4. The molecule has 16 heavy (non-hydrogen) atoms. The summed E-state index contributed by atoms with van der Waals surface area (Å²) in [6.45, 7) is 0. The van der Waals surface area contributed by atoms with Crippen molar-refractivity contribution in [1.29, 1.82) is 0 Å². The summed E-state index contributed by atoms with van der Waals surface area (Å²) in [5.41, 5.74) is 7.15. The molecule has 2 N–H and O–H groups in total. The van der Waals surface area contributed by atoms with Crippen molar-refractivity contribution in [2.24, 2.45) is 10.7 Å². The predicted molar refractivity (Wildman–Crippen MR) is 63.4 cm³/mol. The topological polar surface area (TPSA) is 69.1 Å². The van der Waals surface area contributed by atoms with Gasteiger partial charge in [-0.3, -0.25) is 0 Å². The highest BCUT2D eigenvalue weighted by Gasteiger charge is 1.97. The maximum absolute atomic E-state index is 5.53. The highest BCUT2D eigenvalue weighted by Crippen LogP contribution is 2.14. The van der Waals surface area contributed by atoms with Gasteiger partial charge in [-0.25, -0.2) is 4.99 Å². The second-order valence-electron chi connectivity index (χ2n) is 3.07. The van der Waals surface area contributed by atoms with Crippen LogP contribution in [0.1, 0.15) is 0 Å². The van der Waals surface area contributed by atoms with Crippen LogP contribution in [0.3, 0.4) is 0 Å². The van der Waals surface area contributed by atoms with Crippen molar-refractivity contribution in [1.82, 2.24) is 15.0 Å². The van der Waals surface area contributed by atoms with E-state index in [0.29, 0.717) is 5.84 Å². The van der Waals surface area contributed by atoms with Gasteiger partial charge in [0.25, 0.3) is 0 Å². The molecule has 0 spiro atoms. The highest BCUT2D eigenvalue weighted by atomic mass is 35.5. The summed E-state index contributed by atoms with van der Waals surface area (Å²) in [5.74, 6) is 0.620. The first-order chi connectivity index (χ1) is 7.79. The Hall–Kier alpha value is -1.88. The minimum Gasteiger partial charge on any atom is -0.386 e. The van der Waals surface area contributed by atoms with Crippen LogP contribution in [0.4, 0.5) is 5.69 Å². The minimum atomic E-state index is 0.225. The number of hydrogen-bond donors (Lipinski definition) is 1. The summed E-state index contributed by atoms with van der Waals surface area (Å²) in [6, 6.07) is 7.39. The van der Waals surface area contributed by atoms with E-state index in [2.05, 4.69) is 15.2 Å². The van der Waals surface area contributed by atoms with E-state index in [1.54, 1.807) is 12.4 Å². The van der Waals surface area contributed by atoms with Gasteiger partial charge in [0, 0.05) is 0 Å². The van der Waals surface area contributed by atoms with Gasteiger partial charge in [0.05, 0.1) is 29.6 Å². The van der Waals surface area contributed by atoms with E-state index >= 15 is 0 Å². The standard InChI is InChI=1S/C10H10ClN5/c11-7-10(12)15-8-1-3-9(4-2-8)16-13-5-6-14-16/h1-6H,7H2,(H2,12,15). The molecular formula is C10H10ClN5. The lowest BCUT2D eigenvalue weighted by atomic mass is 10.3. The zero-order valence-electron chi connectivity index (χ0n) is 8.42. The second-order valence-corrected chi connectivity index (χ2v) is 3.34. The summed E-state index contributed by atoms with van der Waals surface area (Å²) in [5, 5.41) is 8.03. The van der Waals surface area contributed by atoms with Crippen molar-refractivity contribution in [3.05, 3.63) is 36.7 Å². The third-order valence-corrected chi connectivity index (χ3v) is 2.18. The van der Waals surface area contributed by atoms with Crippen molar-refractivity contribution in [2.45, 2.75) is 0 Å². The third-order valence-electron chi connectivity index (χ3n) is 1.91. The SMILES string of the molecule is NC(CCl)=Nc1ccc(-n2nccn2)cc1. The molecule has 0 bridgehead atoms. The number of benzene rings is 1. The van der Waals surface area contributed by atoms with E-state index in [-0.39, 0.29) is 5.88 Å². The van der Waals surface area contributed by atoms with E-state index in [1.807, 2.05) is 24.3 Å². The molecule has 0 radical (unpaired) electrons. The summed E-state index contributed by atoms with van der Waals surface area (Å²) < 4.78 is 0. The Labute approximate surface area is 97.6 Å². The monoisotopic (exact) mass is 235 g/mol. The van der Waals surface area contributed by atoms with Crippen molar-refractivity contribution in [3.63, 3.8) is 0 Å². The van der Waals surface area contributed by atoms with E-state index in [1.165, 1.54) is 4.80 Å². The summed E-state index contributed by atoms with van der Waals surface area (Å²) >= 11 is 5.53. The van der Waals surface area contributed by atoms with Gasteiger partial charge >= 0.3 is 0 Å². The van der Waals surface area contributed by atoms with Crippen LogP contribution in [0.25, 0.3) is 5.69 Å². The average molecular weight is 236 g/mol. The van der Waals surface area contributed by atoms with Gasteiger partial charge in [0.2, 0.25) is 0 Å². The van der Waals surface area contributed by atoms with Crippen LogP contribution in [0, 0.1) is 0 Å². The molecule has 0 aliphatic heterocycles. The van der Waals surface area contributed by atoms with Gasteiger partial charge in [-0.15, -0.1) is 11.6 Å². The molecule has 1 aromatic carbocycles. The Morgan fingerprint density at radius 2 is 1.88 bits per heavy atom. The average Bonchev–Trinajstić information content (AvgIpc) is 2.83. The van der Waals surface area contributed by atoms with Gasteiger partial charge in [-0.2, -0.15) is 15.0 Å². The number of alkyl halides is 1. The molecule has 0 aliphatic rings. The van der Waals surface area contributed by atoms with Crippen LogP contribution < -0.4 is 5.73 Å². The Morgan fingerprint density at radius 3 is 2.44 bits per heavy atom. The zero-order valence-corrected chi connectivity index (χ0v) is 9.17. The molecule has 0 saturated heterocycles. The maximum Gasteiger partial charge on any atom is 0.115 e. The Morgan fingerprint density at radius 1 is 1.25 bits per heavy atom. The first-order valence-corrected chi connectivity index (χ1v) is 5.19. The first-order valence-electron chi connectivity index (χ1n) is 4.65. The summed E-state index contributed by atoms with van der Waals surface area (Å²) in [7, 11) is 0. The largest absolute Gasteiger partial charge is 0.386 e. The fourth-order valence-corrected chi connectivity index (χ4v) is 1.27. The van der Waals surface area contributed by atoms with E-state index in [4.69, 9.17) is 17.3 Å². The number of rotatable bonds is 3. The molecule has 0 amide bonds. The molecule has 0 atom stereocenters. The van der Waals surface area contributed by atoms with Crippen molar-refractivity contribution < 1.29 is 0 Å². The van der Waals surface area contributed by atoms with Gasteiger partial charge in [0.15, 0.2) is 0 Å². The van der Waals surface area contributed by atoms with Crippen LogP contribution >= 0.6 is 11.6 Å². The number of aromatic nitrogens is 3. The van der Waals surface area contributed by atoms with Crippen LogP contribution in [0.15, 0.2) is 41.7 Å². The number of hydrogen-bond acceptors (Lipinski definition) is 3. The fraction of sp³-hybridized carbons (Fsp3) is 0.100. The van der Waals surface area contributed by atoms with E-state index in [0.717, 1.165) is 11.4 Å². The molecule has 1 aromatic heterocycles. The molecule has 0 unspecified atom stereocenters. The smallest absolute Gasteiger partial charge is 0.115 e. The molecule has 0 aliphatic carbocycles. The van der Waals surface area contributed by atoms with Gasteiger partial charge in [-0.1, -0.05) is 0 Å². The molecule has 2 rings (SSSR count). The number of halogens is 1. The first kappa shape index (κ1) is 10.6. The lowest BCUT2D eigenvalue weighted by Gasteiger charge is -2.00. The van der Waals surface area contributed by atoms with Gasteiger partial charge < -0.3 is 5.73 Å². The van der Waals surface area contributed by atoms with Gasteiger partial charge in [-0.05, 0) is 24.3 Å². The number of nitrogens with two attached hydrogens (primary N) is 1. The Balaban J connectivity index is 2.23. The lowest BCUT2D eigenvalue weighted by molar-refractivity contribution is 0.752. The Kier molecular flexibility index (Phi) is 3.16. The molecule has 0 saturated carbocycles. The third kappa shape index (κ3) is 2.38. The van der Waals surface area contributed by atoms with Crippen LogP contribution in [-0.4, -0.2) is 26.7 Å². The molecule has 0 fully saturated rings. The van der Waals surface area contributed by atoms with Crippen molar-refractivity contribution >= 4 is 23.1 Å². The van der Waals surface area contributed by atoms with E-state index in [9.17, 15) is 0 Å².